The van der Waals surface area contributed by atoms with Crippen molar-refractivity contribution in [3.8, 4) is 18.3 Å². The van der Waals surface area contributed by atoms with Gasteiger partial charge in [0.25, 0.3) is 0 Å². The van der Waals surface area contributed by atoms with E-state index in [1.54, 1.807) is 0 Å². The Bertz CT molecular complexity index is 2020. The minimum absolute atomic E-state index is 0.0228. The number of nitrogens with zero attached hydrogens (tertiary/aromatic N) is 5. The van der Waals surface area contributed by atoms with Crippen LogP contribution in [0.4, 0.5) is 26.3 Å². The minimum atomic E-state index is -4.86. The van der Waals surface area contributed by atoms with Gasteiger partial charge in [-0.25, -0.2) is 0 Å². The van der Waals surface area contributed by atoms with Crippen LogP contribution in [-0.2, 0) is 12.4 Å². The summed E-state index contributed by atoms with van der Waals surface area (Å²) in [5.41, 5.74) is -3.89. The van der Waals surface area contributed by atoms with Crippen LogP contribution in [0, 0.1) is 34.1 Å². The summed E-state index contributed by atoms with van der Waals surface area (Å²) in [6.45, 7) is 0. The molecule has 36 heavy (non-hydrogen) atoms. The van der Waals surface area contributed by atoms with Gasteiger partial charge < -0.3 is 5.41 Å². The standard InChI is InChI=1S/C25H6F6N5/c26-24(27,28)19-2-1-11-13-4-14-12-3-10(7-32)20(25(29,30)31)6-17(12)23(36-9-34)16(14)5-15(13)22(35)21(11)18(19)8-33/h1-6H/q-1. The lowest BCUT2D eigenvalue weighted by atomic mass is 10.0. The fourth-order valence-corrected chi connectivity index (χ4v) is 4.66. The fraction of sp³-hybridized carbons (Fsp3) is 0.0800. The van der Waals surface area contributed by atoms with Gasteiger partial charge in [0.2, 0.25) is 6.19 Å². The molecule has 0 bridgehead atoms. The summed E-state index contributed by atoms with van der Waals surface area (Å²) in [7, 11) is 0. The fourth-order valence-electron chi connectivity index (χ4n) is 4.66. The molecule has 5 aromatic carbocycles. The van der Waals surface area contributed by atoms with Crippen molar-refractivity contribution >= 4 is 43.1 Å². The second kappa shape index (κ2) is 7.27. The van der Waals surface area contributed by atoms with Crippen LogP contribution in [0.2, 0.25) is 0 Å². The molecule has 0 heterocycles. The number of hydrogen-bond acceptors (Lipinski definition) is 4. The SMILES string of the molecule is N#CN=c1c2cc(C(F)(F)F)c(C#N)cc2c2cc3c(cc12)c(=[N-])c1c(C#N)c(C(F)(F)F)ccc13. The van der Waals surface area contributed by atoms with E-state index in [9.17, 15) is 42.3 Å². The Hall–Kier alpha value is -4.95. The maximum atomic E-state index is 13.5. The highest BCUT2D eigenvalue weighted by Crippen LogP contribution is 2.40. The predicted molar refractivity (Wildman–Crippen MR) is 116 cm³/mol. The van der Waals surface area contributed by atoms with Crippen LogP contribution < -0.4 is 10.7 Å². The molecule has 0 amide bonds. The molecule has 5 rings (SSSR count). The number of fused-ring (bicyclic) bond motifs is 6. The molecule has 11 heteroatoms. The van der Waals surface area contributed by atoms with Crippen molar-refractivity contribution < 1.29 is 26.3 Å². The van der Waals surface area contributed by atoms with Crippen LogP contribution in [0.15, 0.2) is 41.4 Å². The molecule has 5 aromatic rings. The van der Waals surface area contributed by atoms with Gasteiger partial charge in [-0.05, 0) is 62.6 Å². The van der Waals surface area contributed by atoms with Gasteiger partial charge in [0.1, 0.15) is 6.07 Å². The zero-order valence-electron chi connectivity index (χ0n) is 17.5. The molecule has 0 spiro atoms. The highest BCUT2D eigenvalue weighted by Gasteiger charge is 2.36. The van der Waals surface area contributed by atoms with Crippen molar-refractivity contribution in [1.82, 2.24) is 0 Å². The van der Waals surface area contributed by atoms with E-state index >= 15 is 0 Å². The highest BCUT2D eigenvalue weighted by molar-refractivity contribution is 6.22. The number of rotatable bonds is 0. The zero-order chi connectivity index (χ0) is 26.2. The van der Waals surface area contributed by atoms with Crippen molar-refractivity contribution in [2.24, 2.45) is 4.99 Å². The Kier molecular flexibility index (Phi) is 4.61. The molecule has 0 unspecified atom stereocenters. The average molecular weight is 490 g/mol. The molecule has 0 aliphatic rings. The van der Waals surface area contributed by atoms with Gasteiger partial charge in [-0.3, -0.25) is 0 Å². The number of nitriles is 3. The maximum Gasteiger partial charge on any atom is 0.417 e. The van der Waals surface area contributed by atoms with E-state index in [-0.39, 0.29) is 48.4 Å². The lowest BCUT2D eigenvalue weighted by Crippen LogP contribution is -2.09. The Morgan fingerprint density at radius 2 is 1.25 bits per heavy atom. The summed E-state index contributed by atoms with van der Waals surface area (Å²) in [6, 6.07) is 9.27. The van der Waals surface area contributed by atoms with Crippen molar-refractivity contribution in [1.29, 1.82) is 15.8 Å². The molecule has 174 valence electrons. The topological polar surface area (TPSA) is 106 Å². The number of benzene rings is 3. The third-order valence-electron chi connectivity index (χ3n) is 6.11. The third-order valence-corrected chi connectivity index (χ3v) is 6.11. The van der Waals surface area contributed by atoms with Crippen LogP contribution in [0.5, 0.6) is 0 Å². The first-order valence-corrected chi connectivity index (χ1v) is 9.95. The molecule has 0 saturated heterocycles. The summed E-state index contributed by atoms with van der Waals surface area (Å²) >= 11 is 0. The summed E-state index contributed by atoms with van der Waals surface area (Å²) in [4.78, 5) is 3.64. The lowest BCUT2D eigenvalue weighted by molar-refractivity contribution is -0.138. The van der Waals surface area contributed by atoms with E-state index in [0.29, 0.717) is 6.07 Å². The minimum Gasteiger partial charge on any atom is -0.803 e. The summed E-state index contributed by atoms with van der Waals surface area (Å²) in [5, 5.41) is 38.5. The molecular weight excluding hydrogens is 484 g/mol. The molecule has 0 aliphatic heterocycles. The molecule has 0 atom stereocenters. The molecule has 0 aromatic heterocycles. The number of alkyl halides is 6. The second-order valence-corrected chi connectivity index (χ2v) is 7.93. The van der Waals surface area contributed by atoms with Gasteiger partial charge in [-0.15, -0.1) is 5.36 Å². The van der Waals surface area contributed by atoms with Crippen molar-refractivity contribution in [3.63, 3.8) is 0 Å². The van der Waals surface area contributed by atoms with Gasteiger partial charge >= 0.3 is 12.4 Å². The van der Waals surface area contributed by atoms with Gasteiger partial charge in [0, 0.05) is 10.8 Å². The van der Waals surface area contributed by atoms with Gasteiger partial charge in [0.05, 0.1) is 33.7 Å². The maximum absolute atomic E-state index is 13.5. The first kappa shape index (κ1) is 22.8. The summed E-state index contributed by atoms with van der Waals surface area (Å²) in [5.74, 6) is 0. The molecular formula is C25H6F6N5-. The van der Waals surface area contributed by atoms with Gasteiger partial charge in [-0.1, -0.05) is 6.07 Å². The molecule has 0 fully saturated rings. The van der Waals surface area contributed by atoms with Crippen LogP contribution in [0.1, 0.15) is 22.3 Å². The normalized spacial score (nSPS) is 12.9. The summed E-state index contributed by atoms with van der Waals surface area (Å²) < 4.78 is 81.0. The van der Waals surface area contributed by atoms with E-state index in [1.807, 2.05) is 0 Å². The number of hydrogen-bond donors (Lipinski definition) is 0. The smallest absolute Gasteiger partial charge is 0.417 e. The average Bonchev–Trinajstić information content (AvgIpc) is 3.27. The first-order valence-electron chi connectivity index (χ1n) is 9.95. The van der Waals surface area contributed by atoms with Crippen molar-refractivity contribution in [2.45, 2.75) is 12.4 Å². The van der Waals surface area contributed by atoms with Crippen LogP contribution in [-0.4, -0.2) is 0 Å². The Labute approximate surface area is 196 Å². The van der Waals surface area contributed by atoms with E-state index in [4.69, 9.17) is 5.26 Å². The molecule has 0 radical (unpaired) electrons. The largest absolute Gasteiger partial charge is 0.803 e. The number of halogens is 6. The van der Waals surface area contributed by atoms with Crippen LogP contribution in [0.3, 0.4) is 0 Å². The van der Waals surface area contributed by atoms with Crippen LogP contribution >= 0.6 is 0 Å². The van der Waals surface area contributed by atoms with E-state index in [0.717, 1.165) is 18.2 Å². The molecule has 0 N–H and O–H groups in total. The Morgan fingerprint density at radius 1 is 0.667 bits per heavy atom. The Morgan fingerprint density at radius 3 is 1.83 bits per heavy atom. The van der Waals surface area contributed by atoms with Gasteiger partial charge in [0.15, 0.2) is 0 Å². The lowest BCUT2D eigenvalue weighted by Gasteiger charge is -2.10. The van der Waals surface area contributed by atoms with E-state index in [1.165, 1.54) is 30.5 Å². The summed E-state index contributed by atoms with van der Waals surface area (Å²) in [6.07, 6.45) is -8.19. The van der Waals surface area contributed by atoms with Crippen molar-refractivity contribution in [2.75, 3.05) is 0 Å². The van der Waals surface area contributed by atoms with Gasteiger partial charge in [-0.2, -0.15) is 47.1 Å². The highest BCUT2D eigenvalue weighted by atomic mass is 19.4. The predicted octanol–water partition coefficient (Wildman–Crippen LogP) is 5.81. The first-order chi connectivity index (χ1) is 16.9. The zero-order valence-corrected chi connectivity index (χ0v) is 17.5. The van der Waals surface area contributed by atoms with Crippen molar-refractivity contribution in [3.05, 3.63) is 74.8 Å². The third kappa shape index (κ3) is 3.02. The Balaban J connectivity index is 2.03. The molecule has 5 nitrogen and oxygen atoms in total. The monoisotopic (exact) mass is 490 g/mol. The molecule has 0 aliphatic carbocycles. The van der Waals surface area contributed by atoms with E-state index in [2.05, 4.69) is 4.99 Å². The molecule has 0 saturated carbocycles. The second-order valence-electron chi connectivity index (χ2n) is 7.93. The quantitative estimate of drug-likeness (QED) is 0.202. The van der Waals surface area contributed by atoms with E-state index < -0.39 is 40.0 Å². The van der Waals surface area contributed by atoms with Crippen LogP contribution in [0.25, 0.3) is 48.5 Å².